The van der Waals surface area contributed by atoms with Gasteiger partial charge in [0.05, 0.1) is 5.60 Å². The Labute approximate surface area is 140 Å². The average molecular weight is 314 g/mol. The number of hydrogen-bond donors (Lipinski definition) is 0. The lowest BCUT2D eigenvalue weighted by Gasteiger charge is -2.46. The van der Waals surface area contributed by atoms with Crippen molar-refractivity contribution >= 4 is 5.57 Å². The standard InChI is InChI=1S/C21H30O2/c1-4-18-16(2)21(3,23-20-12-8-9-15-22-20)14-13-19(18)17-10-6-5-7-11-17/h5-7,10-11,13,16,18,20H,4,8-9,12,14-15H2,1-3H3. The lowest BCUT2D eigenvalue weighted by molar-refractivity contribution is -0.236. The Balaban J connectivity index is 1.81. The number of benzene rings is 1. The Morgan fingerprint density at radius 2 is 2.00 bits per heavy atom. The summed E-state index contributed by atoms with van der Waals surface area (Å²) in [6, 6.07) is 10.8. The van der Waals surface area contributed by atoms with Crippen LogP contribution in [0, 0.1) is 11.8 Å². The molecule has 0 spiro atoms. The van der Waals surface area contributed by atoms with Gasteiger partial charge < -0.3 is 9.47 Å². The predicted molar refractivity (Wildman–Crippen MR) is 95.1 cm³/mol. The molecule has 1 aliphatic heterocycles. The quantitative estimate of drug-likeness (QED) is 0.737. The molecule has 0 N–H and O–H groups in total. The fourth-order valence-electron chi connectivity index (χ4n) is 4.14. The van der Waals surface area contributed by atoms with E-state index in [2.05, 4.69) is 57.2 Å². The normalized spacial score (nSPS) is 34.9. The van der Waals surface area contributed by atoms with Gasteiger partial charge in [-0.05, 0) is 62.0 Å². The summed E-state index contributed by atoms with van der Waals surface area (Å²) in [6.07, 6.45) is 7.93. The van der Waals surface area contributed by atoms with Crippen molar-refractivity contribution in [3.8, 4) is 0 Å². The van der Waals surface area contributed by atoms with Crippen LogP contribution in [0.4, 0.5) is 0 Å². The molecule has 4 atom stereocenters. The maximum absolute atomic E-state index is 6.48. The van der Waals surface area contributed by atoms with Gasteiger partial charge in [-0.15, -0.1) is 0 Å². The first-order valence-electron chi connectivity index (χ1n) is 9.19. The number of allylic oxidation sites excluding steroid dienone is 1. The van der Waals surface area contributed by atoms with Crippen molar-refractivity contribution in [1.82, 2.24) is 0 Å². The van der Waals surface area contributed by atoms with Crippen LogP contribution in [0.15, 0.2) is 36.4 Å². The molecule has 1 fully saturated rings. The van der Waals surface area contributed by atoms with Crippen LogP contribution in [0.25, 0.3) is 5.57 Å². The molecule has 4 unspecified atom stereocenters. The van der Waals surface area contributed by atoms with E-state index in [0.29, 0.717) is 11.8 Å². The van der Waals surface area contributed by atoms with Crippen LogP contribution in [-0.4, -0.2) is 18.5 Å². The van der Waals surface area contributed by atoms with Crippen LogP contribution in [-0.2, 0) is 9.47 Å². The van der Waals surface area contributed by atoms with Gasteiger partial charge in [0, 0.05) is 6.61 Å². The van der Waals surface area contributed by atoms with Crippen molar-refractivity contribution in [2.45, 2.75) is 64.8 Å². The highest BCUT2D eigenvalue weighted by atomic mass is 16.7. The predicted octanol–water partition coefficient (Wildman–Crippen LogP) is 5.44. The van der Waals surface area contributed by atoms with Crippen LogP contribution in [0.1, 0.15) is 58.4 Å². The van der Waals surface area contributed by atoms with Crippen molar-refractivity contribution in [3.63, 3.8) is 0 Å². The third-order valence-electron chi connectivity index (χ3n) is 5.78. The van der Waals surface area contributed by atoms with E-state index in [1.807, 2.05) is 0 Å². The Hall–Kier alpha value is -1.12. The van der Waals surface area contributed by atoms with Crippen LogP contribution in [0.3, 0.4) is 0 Å². The topological polar surface area (TPSA) is 18.5 Å². The lowest BCUT2D eigenvalue weighted by Crippen LogP contribution is -2.46. The zero-order valence-electron chi connectivity index (χ0n) is 14.8. The summed E-state index contributed by atoms with van der Waals surface area (Å²) in [6.45, 7) is 7.77. The minimum absolute atomic E-state index is 0.0135. The second kappa shape index (κ2) is 7.19. The molecule has 3 rings (SSSR count). The smallest absolute Gasteiger partial charge is 0.158 e. The number of hydrogen-bond acceptors (Lipinski definition) is 2. The zero-order valence-corrected chi connectivity index (χ0v) is 14.8. The summed E-state index contributed by atoms with van der Waals surface area (Å²) in [5.41, 5.74) is 2.73. The average Bonchev–Trinajstić information content (AvgIpc) is 2.59. The van der Waals surface area contributed by atoms with E-state index in [0.717, 1.165) is 25.9 Å². The first-order chi connectivity index (χ1) is 11.1. The minimum atomic E-state index is -0.124. The van der Waals surface area contributed by atoms with Gasteiger partial charge in [-0.2, -0.15) is 0 Å². The summed E-state index contributed by atoms with van der Waals surface area (Å²) in [5.74, 6) is 1.03. The highest BCUT2D eigenvalue weighted by Gasteiger charge is 2.42. The first-order valence-corrected chi connectivity index (χ1v) is 9.19. The molecule has 2 heteroatoms. The van der Waals surface area contributed by atoms with E-state index in [1.54, 1.807) is 0 Å². The molecule has 1 aromatic rings. The molecule has 0 saturated carbocycles. The Morgan fingerprint density at radius 3 is 2.65 bits per heavy atom. The molecule has 0 amide bonds. The highest BCUT2D eigenvalue weighted by Crippen LogP contribution is 2.46. The zero-order chi connectivity index (χ0) is 16.3. The van der Waals surface area contributed by atoms with Crippen molar-refractivity contribution in [3.05, 3.63) is 42.0 Å². The summed E-state index contributed by atoms with van der Waals surface area (Å²) in [5, 5.41) is 0. The second-order valence-corrected chi connectivity index (χ2v) is 7.26. The van der Waals surface area contributed by atoms with Gasteiger partial charge in [-0.1, -0.05) is 50.3 Å². The fraction of sp³-hybridized carbons (Fsp3) is 0.619. The van der Waals surface area contributed by atoms with E-state index >= 15 is 0 Å². The van der Waals surface area contributed by atoms with E-state index in [9.17, 15) is 0 Å². The molecule has 0 bridgehead atoms. The minimum Gasteiger partial charge on any atom is -0.353 e. The van der Waals surface area contributed by atoms with Gasteiger partial charge in [0.15, 0.2) is 6.29 Å². The molecular formula is C21H30O2. The fourth-order valence-corrected chi connectivity index (χ4v) is 4.14. The third-order valence-corrected chi connectivity index (χ3v) is 5.78. The Bertz CT molecular complexity index is 530. The van der Waals surface area contributed by atoms with Gasteiger partial charge in [0.1, 0.15) is 0 Å². The third kappa shape index (κ3) is 3.54. The SMILES string of the molecule is CCC1C(c2ccccc2)=CCC(C)(OC2CCCCO2)C1C. The molecule has 23 heavy (non-hydrogen) atoms. The molecule has 1 aromatic carbocycles. The molecule has 1 saturated heterocycles. The molecular weight excluding hydrogens is 284 g/mol. The van der Waals surface area contributed by atoms with Crippen LogP contribution in [0.5, 0.6) is 0 Å². The Morgan fingerprint density at radius 1 is 1.22 bits per heavy atom. The molecule has 0 radical (unpaired) electrons. The largest absolute Gasteiger partial charge is 0.353 e. The molecule has 2 aliphatic rings. The van der Waals surface area contributed by atoms with E-state index in [4.69, 9.17) is 9.47 Å². The van der Waals surface area contributed by atoms with Gasteiger partial charge in [0.2, 0.25) is 0 Å². The van der Waals surface area contributed by atoms with Crippen molar-refractivity contribution in [2.75, 3.05) is 6.61 Å². The van der Waals surface area contributed by atoms with E-state index in [-0.39, 0.29) is 11.9 Å². The molecule has 0 aromatic heterocycles. The summed E-state index contributed by atoms with van der Waals surface area (Å²) in [7, 11) is 0. The summed E-state index contributed by atoms with van der Waals surface area (Å²) in [4.78, 5) is 0. The van der Waals surface area contributed by atoms with Gasteiger partial charge in [-0.25, -0.2) is 0 Å². The van der Waals surface area contributed by atoms with Gasteiger partial charge in [-0.3, -0.25) is 0 Å². The maximum Gasteiger partial charge on any atom is 0.158 e. The highest BCUT2D eigenvalue weighted by molar-refractivity contribution is 5.68. The van der Waals surface area contributed by atoms with Crippen molar-refractivity contribution in [1.29, 1.82) is 0 Å². The van der Waals surface area contributed by atoms with Crippen LogP contribution < -0.4 is 0 Å². The van der Waals surface area contributed by atoms with Crippen molar-refractivity contribution < 1.29 is 9.47 Å². The summed E-state index contributed by atoms with van der Waals surface area (Å²) >= 11 is 0. The molecule has 1 heterocycles. The van der Waals surface area contributed by atoms with Crippen LogP contribution >= 0.6 is 0 Å². The molecule has 126 valence electrons. The molecule has 2 nitrogen and oxygen atoms in total. The van der Waals surface area contributed by atoms with Gasteiger partial charge in [0.25, 0.3) is 0 Å². The monoisotopic (exact) mass is 314 g/mol. The van der Waals surface area contributed by atoms with E-state index < -0.39 is 0 Å². The van der Waals surface area contributed by atoms with Gasteiger partial charge >= 0.3 is 0 Å². The van der Waals surface area contributed by atoms with Crippen molar-refractivity contribution in [2.24, 2.45) is 11.8 Å². The maximum atomic E-state index is 6.48. The summed E-state index contributed by atoms with van der Waals surface area (Å²) < 4.78 is 12.3. The van der Waals surface area contributed by atoms with E-state index in [1.165, 1.54) is 24.0 Å². The number of ether oxygens (including phenoxy) is 2. The Kier molecular flexibility index (Phi) is 5.23. The van der Waals surface area contributed by atoms with Crippen LogP contribution in [0.2, 0.25) is 0 Å². The second-order valence-electron chi connectivity index (χ2n) is 7.26. The molecule has 1 aliphatic carbocycles. The number of rotatable bonds is 4. The first kappa shape index (κ1) is 16.7. The lowest BCUT2D eigenvalue weighted by atomic mass is 9.68.